The van der Waals surface area contributed by atoms with Gasteiger partial charge in [0.05, 0.1) is 0 Å². The van der Waals surface area contributed by atoms with E-state index in [0.29, 0.717) is 0 Å². The molecule has 0 saturated heterocycles. The van der Waals surface area contributed by atoms with Crippen molar-refractivity contribution in [3.63, 3.8) is 0 Å². The van der Waals surface area contributed by atoms with E-state index in [1.807, 2.05) is 0 Å². The quantitative estimate of drug-likeness (QED) is 0.445. The van der Waals surface area contributed by atoms with Gasteiger partial charge in [-0.15, -0.1) is 0 Å². The van der Waals surface area contributed by atoms with Gasteiger partial charge < -0.3 is 0 Å². The van der Waals surface area contributed by atoms with Crippen LogP contribution in [-0.2, 0) is 0 Å². The molecule has 3 aliphatic rings. The second kappa shape index (κ2) is 0.778. The van der Waals surface area contributed by atoms with E-state index in [2.05, 4.69) is 6.92 Å². The van der Waals surface area contributed by atoms with Crippen LogP contribution in [0.25, 0.3) is 0 Å². The molecule has 4 unspecified atom stereocenters. The van der Waals surface area contributed by atoms with Crippen LogP contribution in [0.1, 0.15) is 26.2 Å². The molecule has 44 valence electrons. The van der Waals surface area contributed by atoms with Gasteiger partial charge in [-0.2, -0.15) is 0 Å². The van der Waals surface area contributed by atoms with Crippen molar-refractivity contribution in [2.45, 2.75) is 26.2 Å². The summed E-state index contributed by atoms with van der Waals surface area (Å²) in [5.74, 6) is 3.63. The van der Waals surface area contributed by atoms with Gasteiger partial charge in [0.2, 0.25) is 0 Å². The third kappa shape index (κ3) is 0.191. The zero-order valence-corrected chi connectivity index (χ0v) is 5.35. The van der Waals surface area contributed by atoms with Crippen molar-refractivity contribution in [3.05, 3.63) is 0 Å². The fourth-order valence-electron chi connectivity index (χ4n) is 3.40. The summed E-state index contributed by atoms with van der Waals surface area (Å²) < 4.78 is 0. The van der Waals surface area contributed by atoms with Crippen LogP contribution in [0.4, 0.5) is 0 Å². The van der Waals surface area contributed by atoms with Crippen molar-refractivity contribution in [1.29, 1.82) is 0 Å². The van der Waals surface area contributed by atoms with Gasteiger partial charge in [-0.3, -0.25) is 0 Å². The van der Waals surface area contributed by atoms with E-state index in [9.17, 15) is 0 Å². The Bertz CT molecular complexity index is 143. The molecule has 0 N–H and O–H groups in total. The van der Waals surface area contributed by atoms with Crippen molar-refractivity contribution in [1.82, 2.24) is 0 Å². The van der Waals surface area contributed by atoms with Crippen molar-refractivity contribution < 1.29 is 0 Å². The molecule has 3 saturated carbocycles. The molecule has 3 rings (SSSR count). The molecule has 3 fully saturated rings. The van der Waals surface area contributed by atoms with Gasteiger partial charge in [0.15, 0.2) is 0 Å². The van der Waals surface area contributed by atoms with Crippen LogP contribution in [0.5, 0.6) is 0 Å². The SMILES string of the molecule is CC12CCC3CC1C32. The minimum atomic E-state index is 0.894. The first kappa shape index (κ1) is 3.92. The van der Waals surface area contributed by atoms with E-state index in [1.165, 1.54) is 17.8 Å². The minimum absolute atomic E-state index is 0.894. The average Bonchev–Trinajstić information content (AvgIpc) is 1.92. The molecule has 4 atom stereocenters. The number of hydrogen-bond acceptors (Lipinski definition) is 0. The molecule has 0 heterocycles. The Kier molecular flexibility index (Phi) is 0.381. The van der Waals surface area contributed by atoms with Crippen molar-refractivity contribution in [2.24, 2.45) is 23.2 Å². The van der Waals surface area contributed by atoms with E-state index in [0.717, 1.165) is 5.41 Å². The molecule has 0 aromatic heterocycles. The van der Waals surface area contributed by atoms with Crippen LogP contribution in [0.2, 0.25) is 0 Å². The smallest absolute Gasteiger partial charge is 0.0261 e. The van der Waals surface area contributed by atoms with E-state index in [4.69, 9.17) is 0 Å². The van der Waals surface area contributed by atoms with Gasteiger partial charge in [-0.25, -0.2) is 0 Å². The monoisotopic (exact) mass is 108 g/mol. The standard InChI is InChI=1S/C8H12/c1-8-3-2-5-4-6(8)7(5)8/h5-7H,2-4H2,1H3. The summed E-state index contributed by atoms with van der Waals surface area (Å²) in [5.41, 5.74) is 0.894. The Morgan fingerprint density at radius 2 is 2.38 bits per heavy atom. The summed E-state index contributed by atoms with van der Waals surface area (Å²) in [4.78, 5) is 0. The van der Waals surface area contributed by atoms with Crippen LogP contribution in [0.15, 0.2) is 0 Å². The van der Waals surface area contributed by atoms with Gasteiger partial charge in [0, 0.05) is 0 Å². The average molecular weight is 108 g/mol. The van der Waals surface area contributed by atoms with Gasteiger partial charge in [0.1, 0.15) is 0 Å². The van der Waals surface area contributed by atoms with E-state index in [1.54, 1.807) is 19.3 Å². The molecule has 0 amide bonds. The van der Waals surface area contributed by atoms with E-state index in [-0.39, 0.29) is 0 Å². The molecule has 0 bridgehead atoms. The lowest BCUT2D eigenvalue weighted by atomic mass is 9.81. The van der Waals surface area contributed by atoms with E-state index < -0.39 is 0 Å². The zero-order chi connectivity index (χ0) is 5.35. The molecule has 8 heavy (non-hydrogen) atoms. The number of fused-ring (bicyclic) bond motifs is 1. The first-order chi connectivity index (χ1) is 3.82. The van der Waals surface area contributed by atoms with Crippen LogP contribution in [0, 0.1) is 23.2 Å². The normalized spacial score (nSPS) is 73.9. The highest BCUT2D eigenvalue weighted by atomic mass is 14.8. The molecule has 0 aliphatic heterocycles. The van der Waals surface area contributed by atoms with Crippen LogP contribution < -0.4 is 0 Å². The predicted octanol–water partition coefficient (Wildman–Crippen LogP) is 2.05. The summed E-state index contributed by atoms with van der Waals surface area (Å²) in [6.45, 7) is 2.50. The Morgan fingerprint density at radius 3 is 2.50 bits per heavy atom. The first-order valence-corrected chi connectivity index (χ1v) is 3.82. The highest BCUT2D eigenvalue weighted by Gasteiger charge is 2.74. The van der Waals surface area contributed by atoms with Gasteiger partial charge >= 0.3 is 0 Å². The largest absolute Gasteiger partial charge is 0.0591 e. The fraction of sp³-hybridized carbons (Fsp3) is 1.00. The third-order valence-electron chi connectivity index (χ3n) is 4.05. The molecule has 0 nitrogen and oxygen atoms in total. The Hall–Kier alpha value is 0. The summed E-state index contributed by atoms with van der Waals surface area (Å²) in [6, 6.07) is 0. The summed E-state index contributed by atoms with van der Waals surface area (Å²) in [6.07, 6.45) is 4.73. The predicted molar refractivity (Wildman–Crippen MR) is 32.4 cm³/mol. The number of hydrogen-bond donors (Lipinski definition) is 0. The lowest BCUT2D eigenvalue weighted by Gasteiger charge is -2.24. The lowest BCUT2D eigenvalue weighted by molar-refractivity contribution is 0.261. The zero-order valence-electron chi connectivity index (χ0n) is 5.35. The van der Waals surface area contributed by atoms with E-state index >= 15 is 0 Å². The minimum Gasteiger partial charge on any atom is -0.0591 e. The maximum absolute atomic E-state index is 2.50. The van der Waals surface area contributed by atoms with Crippen molar-refractivity contribution in [2.75, 3.05) is 0 Å². The van der Waals surface area contributed by atoms with Crippen LogP contribution in [0.3, 0.4) is 0 Å². The Morgan fingerprint density at radius 1 is 1.50 bits per heavy atom. The fourth-order valence-corrected chi connectivity index (χ4v) is 3.40. The van der Waals surface area contributed by atoms with Gasteiger partial charge in [-0.1, -0.05) is 6.92 Å². The Labute approximate surface area is 50.3 Å². The molecule has 0 aromatic carbocycles. The molecule has 0 radical (unpaired) electrons. The van der Waals surface area contributed by atoms with Crippen LogP contribution >= 0.6 is 0 Å². The summed E-state index contributed by atoms with van der Waals surface area (Å²) >= 11 is 0. The molecule has 0 heteroatoms. The van der Waals surface area contributed by atoms with Crippen molar-refractivity contribution >= 4 is 0 Å². The topological polar surface area (TPSA) is 0 Å². The molecular formula is C8H12. The molecule has 0 spiro atoms. The highest BCUT2D eigenvalue weighted by molar-refractivity contribution is 5.22. The second-order valence-electron chi connectivity index (χ2n) is 4.17. The second-order valence-corrected chi connectivity index (χ2v) is 4.17. The van der Waals surface area contributed by atoms with Gasteiger partial charge in [-0.05, 0) is 42.4 Å². The van der Waals surface area contributed by atoms with Crippen molar-refractivity contribution in [3.8, 4) is 0 Å². The Balaban J connectivity index is 2.08. The maximum Gasteiger partial charge on any atom is -0.0261 e. The maximum atomic E-state index is 2.50. The molecule has 3 aliphatic carbocycles. The molecule has 0 aromatic rings. The van der Waals surface area contributed by atoms with Gasteiger partial charge in [0.25, 0.3) is 0 Å². The summed E-state index contributed by atoms with van der Waals surface area (Å²) in [7, 11) is 0. The third-order valence-corrected chi connectivity index (χ3v) is 4.05. The van der Waals surface area contributed by atoms with Crippen LogP contribution in [-0.4, -0.2) is 0 Å². The lowest BCUT2D eigenvalue weighted by Crippen LogP contribution is -2.15. The highest BCUT2D eigenvalue weighted by Crippen LogP contribution is 2.80. The summed E-state index contributed by atoms with van der Waals surface area (Å²) in [5, 5.41) is 0. The first-order valence-electron chi connectivity index (χ1n) is 3.82. The molecular weight excluding hydrogens is 96.1 g/mol. The number of rotatable bonds is 0.